The number of fused-ring (bicyclic) bond motifs is 2. The van der Waals surface area contributed by atoms with Crippen molar-refractivity contribution in [1.29, 1.82) is 5.26 Å². The van der Waals surface area contributed by atoms with Gasteiger partial charge in [-0.3, -0.25) is 14.3 Å². The predicted molar refractivity (Wildman–Crippen MR) is 138 cm³/mol. The molecule has 2 amide bonds. The molecular formula is C26H28ClN7O2. The highest BCUT2D eigenvalue weighted by molar-refractivity contribution is 6.29. The molecule has 2 aromatic heterocycles. The van der Waals surface area contributed by atoms with Gasteiger partial charge in [0.25, 0.3) is 5.91 Å². The summed E-state index contributed by atoms with van der Waals surface area (Å²) in [5, 5.41) is 17.3. The maximum absolute atomic E-state index is 13.1. The van der Waals surface area contributed by atoms with Crippen LogP contribution in [-0.2, 0) is 11.3 Å². The summed E-state index contributed by atoms with van der Waals surface area (Å²) in [5.41, 5.74) is 6.56. The van der Waals surface area contributed by atoms with E-state index in [4.69, 9.17) is 22.6 Å². The van der Waals surface area contributed by atoms with Gasteiger partial charge in [0, 0.05) is 18.5 Å². The van der Waals surface area contributed by atoms with Crippen LogP contribution in [0.3, 0.4) is 0 Å². The van der Waals surface area contributed by atoms with Crippen LogP contribution in [0.4, 0.5) is 5.82 Å². The van der Waals surface area contributed by atoms with Crippen LogP contribution < -0.4 is 11.1 Å². The zero-order valence-corrected chi connectivity index (χ0v) is 20.8. The zero-order chi connectivity index (χ0) is 25.8. The number of nitrogens with one attached hydrogen (secondary N) is 1. The van der Waals surface area contributed by atoms with E-state index >= 15 is 0 Å². The number of hydrogen-bond donors (Lipinski definition) is 2. The number of primary amides is 1. The molecule has 10 heteroatoms. The molecule has 1 aliphatic heterocycles. The molecule has 0 radical (unpaired) electrons. The number of pyridine rings is 1. The molecule has 1 aliphatic carbocycles. The van der Waals surface area contributed by atoms with Crippen LogP contribution in [0.5, 0.6) is 0 Å². The van der Waals surface area contributed by atoms with Gasteiger partial charge >= 0.3 is 0 Å². The van der Waals surface area contributed by atoms with Crippen molar-refractivity contribution < 1.29 is 9.59 Å². The van der Waals surface area contributed by atoms with Gasteiger partial charge < -0.3 is 16.0 Å². The fourth-order valence-electron chi connectivity index (χ4n) is 5.22. The van der Waals surface area contributed by atoms with Gasteiger partial charge in [0.2, 0.25) is 5.91 Å². The number of carbonyl (C=O) groups is 2. The summed E-state index contributed by atoms with van der Waals surface area (Å²) in [7, 11) is 1.80. The van der Waals surface area contributed by atoms with E-state index in [0.717, 1.165) is 31.5 Å². The maximum atomic E-state index is 13.1. The van der Waals surface area contributed by atoms with Crippen molar-refractivity contribution >= 4 is 40.1 Å². The van der Waals surface area contributed by atoms with Crippen LogP contribution in [0.25, 0.3) is 10.9 Å². The molecule has 1 saturated heterocycles. The van der Waals surface area contributed by atoms with E-state index in [9.17, 15) is 9.59 Å². The second-order valence-electron chi connectivity index (χ2n) is 8.91. The second kappa shape index (κ2) is 10.8. The third-order valence-corrected chi connectivity index (χ3v) is 7.02. The topological polar surface area (TPSA) is 130 Å². The Morgan fingerprint density at radius 3 is 2.78 bits per heavy atom. The summed E-state index contributed by atoms with van der Waals surface area (Å²) >= 11 is 5.57. The van der Waals surface area contributed by atoms with Gasteiger partial charge in [0.1, 0.15) is 17.5 Å². The summed E-state index contributed by atoms with van der Waals surface area (Å²) in [4.78, 5) is 30.8. The van der Waals surface area contributed by atoms with Gasteiger partial charge in [0.05, 0.1) is 23.2 Å². The Morgan fingerprint density at radius 2 is 2.14 bits per heavy atom. The Hall–Kier alpha value is -3.90. The third-order valence-electron chi connectivity index (χ3n) is 6.81. The Labute approximate surface area is 214 Å². The number of halogens is 1. The van der Waals surface area contributed by atoms with Crippen LogP contribution in [0, 0.1) is 17.2 Å². The molecule has 3 unspecified atom stereocenters. The van der Waals surface area contributed by atoms with Gasteiger partial charge in [0.15, 0.2) is 5.69 Å². The van der Waals surface area contributed by atoms with Crippen molar-refractivity contribution in [2.75, 3.05) is 12.4 Å². The summed E-state index contributed by atoms with van der Waals surface area (Å²) < 4.78 is 1.52. The molecule has 3 aromatic rings. The molecule has 36 heavy (non-hydrogen) atoms. The SMILES string of the molecule is C=CC1CC2CCCC2N1C(=O)Cn1nc(C(N)=O)c2cc(C#N)ccc21.CNc1cccc(Cl)n1. The summed E-state index contributed by atoms with van der Waals surface area (Å²) in [6.45, 7) is 3.93. The molecule has 186 valence electrons. The smallest absolute Gasteiger partial charge is 0.269 e. The normalized spacial score (nSPS) is 20.2. The van der Waals surface area contributed by atoms with E-state index in [0.29, 0.717) is 27.5 Å². The fraction of sp³-hybridized carbons (Fsp3) is 0.346. The highest BCUT2D eigenvalue weighted by Gasteiger charge is 2.44. The molecule has 2 fully saturated rings. The molecule has 2 aliphatic rings. The lowest BCUT2D eigenvalue weighted by atomic mass is 10.0. The first-order valence-corrected chi connectivity index (χ1v) is 12.2. The highest BCUT2D eigenvalue weighted by atomic mass is 35.5. The number of anilines is 1. The first-order valence-electron chi connectivity index (χ1n) is 11.8. The van der Waals surface area contributed by atoms with Crippen LogP contribution in [0.2, 0.25) is 5.15 Å². The van der Waals surface area contributed by atoms with Crippen LogP contribution >= 0.6 is 11.6 Å². The number of amides is 2. The molecule has 0 bridgehead atoms. The van der Waals surface area contributed by atoms with Crippen molar-refractivity contribution in [3.8, 4) is 6.07 Å². The van der Waals surface area contributed by atoms with Crippen LogP contribution in [-0.4, -0.2) is 50.6 Å². The number of nitrogens with zero attached hydrogens (tertiary/aromatic N) is 5. The molecule has 9 nitrogen and oxygen atoms in total. The van der Waals surface area contributed by atoms with Crippen LogP contribution in [0.15, 0.2) is 49.1 Å². The van der Waals surface area contributed by atoms with Crippen molar-refractivity contribution in [2.24, 2.45) is 11.7 Å². The van der Waals surface area contributed by atoms with Crippen molar-refractivity contribution in [3.63, 3.8) is 0 Å². The number of rotatable bonds is 5. The lowest BCUT2D eigenvalue weighted by molar-refractivity contribution is -0.134. The molecule has 1 saturated carbocycles. The lowest BCUT2D eigenvalue weighted by Crippen LogP contribution is -2.42. The molecule has 3 N–H and O–H groups in total. The first kappa shape index (κ1) is 25.2. The van der Waals surface area contributed by atoms with Gasteiger partial charge in [-0.2, -0.15) is 10.4 Å². The number of likely N-dealkylation sites (tertiary alicyclic amines) is 1. The maximum Gasteiger partial charge on any atom is 0.269 e. The second-order valence-corrected chi connectivity index (χ2v) is 9.30. The molecular weight excluding hydrogens is 478 g/mol. The van der Waals surface area contributed by atoms with E-state index in [1.165, 1.54) is 4.68 Å². The third kappa shape index (κ3) is 5.04. The molecule has 0 spiro atoms. The van der Waals surface area contributed by atoms with E-state index in [1.54, 1.807) is 31.3 Å². The van der Waals surface area contributed by atoms with Crippen molar-refractivity contribution in [3.05, 3.63) is 65.5 Å². The minimum Gasteiger partial charge on any atom is -0.373 e. The zero-order valence-electron chi connectivity index (χ0n) is 20.0. The van der Waals surface area contributed by atoms with Crippen molar-refractivity contribution in [1.82, 2.24) is 19.7 Å². The molecule has 3 heterocycles. The predicted octanol–water partition coefficient (Wildman–Crippen LogP) is 3.74. The Morgan fingerprint density at radius 1 is 1.33 bits per heavy atom. The monoisotopic (exact) mass is 505 g/mol. The van der Waals surface area contributed by atoms with Crippen molar-refractivity contribution in [2.45, 2.75) is 44.3 Å². The minimum absolute atomic E-state index is 0.0286. The number of carbonyl (C=O) groups excluding carboxylic acids is 2. The van der Waals surface area contributed by atoms with E-state index in [2.05, 4.69) is 22.0 Å². The number of nitriles is 1. The lowest BCUT2D eigenvalue weighted by Gasteiger charge is -2.28. The average molecular weight is 506 g/mol. The summed E-state index contributed by atoms with van der Waals surface area (Å²) in [6.07, 6.45) is 6.16. The standard InChI is InChI=1S/C20H21N5O2.C6H7ClN2/c1-2-14-9-13-4-3-5-16(13)25(14)18(26)11-24-17-7-6-12(10-21)8-15(17)19(23-24)20(22)27;1-8-6-4-2-3-5(7)9-6/h2,6-8,13-14,16H,1,3-5,9,11H2,(H2,22,27);2-4H,1H3,(H,8,9). The van der Waals surface area contributed by atoms with E-state index < -0.39 is 5.91 Å². The van der Waals surface area contributed by atoms with Gasteiger partial charge in [-0.15, -0.1) is 6.58 Å². The van der Waals surface area contributed by atoms with Gasteiger partial charge in [-0.25, -0.2) is 4.98 Å². The highest BCUT2D eigenvalue weighted by Crippen LogP contribution is 2.41. The fourth-order valence-corrected chi connectivity index (χ4v) is 5.38. The first-order chi connectivity index (χ1) is 17.4. The minimum atomic E-state index is -0.678. The number of nitrogens with two attached hydrogens (primary N) is 1. The molecule has 1 aromatic carbocycles. The van der Waals surface area contributed by atoms with Gasteiger partial charge in [-0.05, 0) is 55.5 Å². The molecule has 5 rings (SSSR count). The number of benzene rings is 1. The quantitative estimate of drug-likeness (QED) is 0.401. The number of hydrogen-bond acceptors (Lipinski definition) is 6. The van der Waals surface area contributed by atoms with Gasteiger partial charge in [-0.1, -0.05) is 30.2 Å². The Kier molecular flexibility index (Phi) is 7.55. The average Bonchev–Trinajstić information content (AvgIpc) is 3.57. The number of aromatic nitrogens is 3. The van der Waals surface area contributed by atoms with E-state index in [-0.39, 0.29) is 30.2 Å². The van der Waals surface area contributed by atoms with Crippen LogP contribution in [0.1, 0.15) is 41.7 Å². The van der Waals surface area contributed by atoms with E-state index in [1.807, 2.05) is 29.2 Å². The Balaban J connectivity index is 0.000000286. The molecule has 3 atom stereocenters. The Bertz CT molecular complexity index is 1350. The summed E-state index contributed by atoms with van der Waals surface area (Å²) in [5.74, 6) is 0.634. The summed E-state index contributed by atoms with van der Waals surface area (Å²) in [6, 6.07) is 12.7. The largest absolute Gasteiger partial charge is 0.373 e.